The van der Waals surface area contributed by atoms with Gasteiger partial charge in [-0.2, -0.15) is 0 Å². The van der Waals surface area contributed by atoms with Gasteiger partial charge in [-0.15, -0.1) is 0 Å². The molecule has 1 aliphatic heterocycles. The second-order valence-electron chi connectivity index (χ2n) is 5.21. The van der Waals surface area contributed by atoms with Crippen LogP contribution in [0.25, 0.3) is 0 Å². The summed E-state index contributed by atoms with van der Waals surface area (Å²) in [7, 11) is 0. The van der Waals surface area contributed by atoms with Crippen LogP contribution in [0.5, 0.6) is 0 Å². The highest BCUT2D eigenvalue weighted by Crippen LogP contribution is 2.30. The number of rotatable bonds is 3. The Kier molecular flexibility index (Phi) is 4.68. The van der Waals surface area contributed by atoms with Crippen LogP contribution in [-0.2, 0) is 0 Å². The third kappa shape index (κ3) is 3.07. The molecule has 1 aromatic rings. The van der Waals surface area contributed by atoms with Gasteiger partial charge in [0.2, 0.25) is 0 Å². The number of halogens is 1. The average molecular weight is 311 g/mol. The maximum atomic E-state index is 3.57. The summed E-state index contributed by atoms with van der Waals surface area (Å²) in [5.74, 6) is 0. The molecule has 3 heteroatoms. The van der Waals surface area contributed by atoms with Crippen molar-refractivity contribution in [3.63, 3.8) is 0 Å². The quantitative estimate of drug-likeness (QED) is 0.917. The second-order valence-corrected chi connectivity index (χ2v) is 6.12. The fraction of sp³-hybridized carbons (Fsp3) is 0.600. The predicted molar refractivity (Wildman–Crippen MR) is 82.5 cm³/mol. The first-order chi connectivity index (χ1) is 8.61. The molecular formula is C15H23BrN2. The smallest absolute Gasteiger partial charge is 0.0426 e. The number of anilines is 1. The minimum Gasteiger partial charge on any atom is -0.371 e. The lowest BCUT2D eigenvalue weighted by molar-refractivity contribution is 0.423. The highest BCUT2D eigenvalue weighted by molar-refractivity contribution is 9.10. The molecule has 1 fully saturated rings. The summed E-state index contributed by atoms with van der Waals surface area (Å²) in [5, 5.41) is 3.56. The van der Waals surface area contributed by atoms with E-state index in [9.17, 15) is 0 Å². The molecule has 1 heterocycles. The molecule has 1 aliphatic rings. The van der Waals surface area contributed by atoms with Crippen LogP contribution in [0.3, 0.4) is 0 Å². The highest BCUT2D eigenvalue weighted by atomic mass is 79.9. The molecule has 1 aromatic carbocycles. The zero-order valence-electron chi connectivity index (χ0n) is 11.6. The summed E-state index contributed by atoms with van der Waals surface area (Å²) in [6.45, 7) is 10.0. The molecule has 2 rings (SSSR count). The molecule has 2 nitrogen and oxygen atoms in total. The molecule has 0 aliphatic carbocycles. The van der Waals surface area contributed by atoms with E-state index in [1.807, 2.05) is 0 Å². The van der Waals surface area contributed by atoms with Crippen molar-refractivity contribution in [3.05, 3.63) is 27.7 Å². The van der Waals surface area contributed by atoms with Crippen LogP contribution in [0, 0.1) is 13.8 Å². The molecule has 0 spiro atoms. The Morgan fingerprint density at radius 2 is 1.78 bits per heavy atom. The van der Waals surface area contributed by atoms with Gasteiger partial charge in [-0.05, 0) is 56.5 Å². The van der Waals surface area contributed by atoms with Crippen molar-refractivity contribution in [1.29, 1.82) is 0 Å². The van der Waals surface area contributed by atoms with Crippen LogP contribution in [0.1, 0.15) is 30.9 Å². The topological polar surface area (TPSA) is 15.3 Å². The van der Waals surface area contributed by atoms with Crippen molar-refractivity contribution < 1.29 is 0 Å². The summed E-state index contributed by atoms with van der Waals surface area (Å²) in [4.78, 5) is 2.55. The van der Waals surface area contributed by atoms with Gasteiger partial charge in [-0.3, -0.25) is 0 Å². The molecule has 0 radical (unpaired) electrons. The van der Waals surface area contributed by atoms with Crippen LogP contribution in [0.4, 0.5) is 5.69 Å². The van der Waals surface area contributed by atoms with Crippen LogP contribution in [0.15, 0.2) is 16.6 Å². The third-order valence-corrected chi connectivity index (χ3v) is 4.22. The first kappa shape index (κ1) is 13.9. The number of benzene rings is 1. The lowest BCUT2D eigenvalue weighted by atomic mass is 10.0. The number of hydrogen-bond acceptors (Lipinski definition) is 2. The standard InChI is InChI=1S/C15H23BrN2/c1-4-17-14-5-7-18(8-6-14)15-11(2)9-13(16)10-12(15)3/h9-10,14,17H,4-8H2,1-3H3. The number of nitrogens with zero attached hydrogens (tertiary/aromatic N) is 1. The SMILES string of the molecule is CCNC1CCN(c2c(C)cc(Br)cc2C)CC1. The van der Waals surface area contributed by atoms with Gasteiger partial charge in [0.1, 0.15) is 0 Å². The number of hydrogen-bond donors (Lipinski definition) is 1. The van der Waals surface area contributed by atoms with Crippen molar-refractivity contribution in [2.45, 2.75) is 39.7 Å². The summed E-state index contributed by atoms with van der Waals surface area (Å²) in [6, 6.07) is 5.15. The largest absolute Gasteiger partial charge is 0.371 e. The zero-order chi connectivity index (χ0) is 13.1. The molecule has 0 saturated carbocycles. The van der Waals surface area contributed by atoms with E-state index in [-0.39, 0.29) is 0 Å². The fourth-order valence-corrected chi connectivity index (χ4v) is 3.68. The fourth-order valence-electron chi connectivity index (χ4n) is 3.00. The summed E-state index contributed by atoms with van der Waals surface area (Å²) in [6.07, 6.45) is 2.51. The van der Waals surface area contributed by atoms with Gasteiger partial charge in [-0.25, -0.2) is 0 Å². The average Bonchev–Trinajstić information content (AvgIpc) is 2.30. The van der Waals surface area contributed by atoms with Crippen LogP contribution >= 0.6 is 15.9 Å². The van der Waals surface area contributed by atoms with Gasteiger partial charge < -0.3 is 10.2 Å². The van der Waals surface area contributed by atoms with Gasteiger partial charge >= 0.3 is 0 Å². The Hall–Kier alpha value is -0.540. The zero-order valence-corrected chi connectivity index (χ0v) is 13.2. The molecular weight excluding hydrogens is 288 g/mol. The lowest BCUT2D eigenvalue weighted by Crippen LogP contribution is -2.42. The number of aryl methyl sites for hydroxylation is 2. The van der Waals surface area contributed by atoms with Crippen molar-refractivity contribution in [2.75, 3.05) is 24.5 Å². The van der Waals surface area contributed by atoms with Gasteiger partial charge in [0, 0.05) is 29.3 Å². The monoisotopic (exact) mass is 310 g/mol. The van der Waals surface area contributed by atoms with Crippen LogP contribution < -0.4 is 10.2 Å². The normalized spacial score (nSPS) is 17.2. The second kappa shape index (κ2) is 6.07. The Labute approximate surface area is 119 Å². The van der Waals surface area contributed by atoms with Gasteiger partial charge in [0.05, 0.1) is 0 Å². The van der Waals surface area contributed by atoms with Gasteiger partial charge in [0.25, 0.3) is 0 Å². The van der Waals surface area contributed by atoms with E-state index >= 15 is 0 Å². The molecule has 1 N–H and O–H groups in total. The van der Waals surface area contributed by atoms with E-state index in [0.717, 1.165) is 6.54 Å². The highest BCUT2D eigenvalue weighted by Gasteiger charge is 2.20. The molecule has 100 valence electrons. The molecule has 0 atom stereocenters. The van der Waals surface area contributed by atoms with Crippen molar-refractivity contribution in [2.24, 2.45) is 0 Å². The van der Waals surface area contributed by atoms with E-state index in [2.05, 4.69) is 59.1 Å². The minimum atomic E-state index is 0.710. The van der Waals surface area contributed by atoms with E-state index < -0.39 is 0 Å². The van der Waals surface area contributed by atoms with Crippen LogP contribution in [-0.4, -0.2) is 25.7 Å². The maximum absolute atomic E-state index is 3.57. The van der Waals surface area contributed by atoms with E-state index in [1.165, 1.54) is 47.2 Å². The van der Waals surface area contributed by atoms with Crippen molar-refractivity contribution >= 4 is 21.6 Å². The Morgan fingerprint density at radius 3 is 2.28 bits per heavy atom. The summed E-state index contributed by atoms with van der Waals surface area (Å²) in [5.41, 5.74) is 4.20. The van der Waals surface area contributed by atoms with Gasteiger partial charge in [-0.1, -0.05) is 22.9 Å². The van der Waals surface area contributed by atoms with E-state index in [0.29, 0.717) is 6.04 Å². The van der Waals surface area contributed by atoms with Crippen molar-refractivity contribution in [1.82, 2.24) is 5.32 Å². The minimum absolute atomic E-state index is 0.710. The van der Waals surface area contributed by atoms with E-state index in [1.54, 1.807) is 0 Å². The van der Waals surface area contributed by atoms with Crippen LogP contribution in [0.2, 0.25) is 0 Å². The molecule has 0 aromatic heterocycles. The van der Waals surface area contributed by atoms with E-state index in [4.69, 9.17) is 0 Å². The lowest BCUT2D eigenvalue weighted by Gasteiger charge is -2.35. The Balaban J connectivity index is 2.10. The summed E-state index contributed by atoms with van der Waals surface area (Å²) < 4.78 is 1.18. The first-order valence-corrected chi connectivity index (χ1v) is 7.66. The number of nitrogens with one attached hydrogen (secondary N) is 1. The molecule has 18 heavy (non-hydrogen) atoms. The molecule has 0 amide bonds. The first-order valence-electron chi connectivity index (χ1n) is 6.87. The molecule has 1 saturated heterocycles. The summed E-state index contributed by atoms with van der Waals surface area (Å²) >= 11 is 3.57. The van der Waals surface area contributed by atoms with Gasteiger partial charge in [0.15, 0.2) is 0 Å². The molecule has 0 unspecified atom stereocenters. The predicted octanol–water partition coefficient (Wildman–Crippen LogP) is 3.64. The molecule has 0 bridgehead atoms. The Bertz CT molecular complexity index is 386. The number of piperidine rings is 1. The van der Waals surface area contributed by atoms with Crippen molar-refractivity contribution in [3.8, 4) is 0 Å². The maximum Gasteiger partial charge on any atom is 0.0426 e. The Morgan fingerprint density at radius 1 is 1.22 bits per heavy atom. The third-order valence-electron chi connectivity index (χ3n) is 3.76.